The summed E-state index contributed by atoms with van der Waals surface area (Å²) >= 11 is 0. The third-order valence-corrected chi connectivity index (χ3v) is 2.80. The number of benzene rings is 1. The van der Waals surface area contributed by atoms with Gasteiger partial charge in [-0.15, -0.1) is 5.10 Å². The summed E-state index contributed by atoms with van der Waals surface area (Å²) in [7, 11) is 0. The molecule has 2 rings (SSSR count). The number of rotatable bonds is 6. The molecule has 0 spiro atoms. The molecule has 0 bridgehead atoms. The molecule has 100 valence electrons. The highest BCUT2D eigenvalue weighted by atomic mass is 16.1. The van der Waals surface area contributed by atoms with Crippen LogP contribution in [0.2, 0.25) is 0 Å². The van der Waals surface area contributed by atoms with Crippen molar-refractivity contribution in [3.05, 3.63) is 36.2 Å². The molecule has 1 aromatic heterocycles. The minimum Gasteiger partial charge on any atom is -0.398 e. The Labute approximate surface area is 111 Å². The van der Waals surface area contributed by atoms with Crippen LogP contribution < -0.4 is 11.1 Å². The fourth-order valence-electron chi connectivity index (χ4n) is 1.80. The monoisotopic (exact) mass is 259 g/mol. The number of aromatic nitrogens is 3. The van der Waals surface area contributed by atoms with E-state index in [-0.39, 0.29) is 5.78 Å². The van der Waals surface area contributed by atoms with Crippen LogP contribution in [0, 0.1) is 0 Å². The summed E-state index contributed by atoms with van der Waals surface area (Å²) < 4.78 is 1.78. The topological polar surface area (TPSA) is 85.8 Å². The van der Waals surface area contributed by atoms with Gasteiger partial charge in [0.05, 0.1) is 6.20 Å². The van der Waals surface area contributed by atoms with Crippen LogP contribution in [0.4, 0.5) is 11.4 Å². The number of anilines is 2. The Morgan fingerprint density at radius 3 is 3.00 bits per heavy atom. The third kappa shape index (κ3) is 3.54. The molecule has 1 aromatic carbocycles. The second kappa shape index (κ2) is 5.99. The van der Waals surface area contributed by atoms with Crippen molar-refractivity contribution in [2.75, 3.05) is 17.6 Å². The van der Waals surface area contributed by atoms with Gasteiger partial charge in [-0.1, -0.05) is 5.21 Å². The highest BCUT2D eigenvalue weighted by molar-refractivity contribution is 5.99. The Hall–Kier alpha value is -2.37. The first-order valence-electron chi connectivity index (χ1n) is 6.15. The van der Waals surface area contributed by atoms with E-state index in [4.69, 9.17) is 5.73 Å². The maximum absolute atomic E-state index is 11.4. The first-order chi connectivity index (χ1) is 9.16. The van der Waals surface area contributed by atoms with Crippen molar-refractivity contribution < 1.29 is 4.79 Å². The number of aryl methyl sites for hydroxylation is 1. The van der Waals surface area contributed by atoms with Gasteiger partial charge in [0.15, 0.2) is 5.78 Å². The van der Waals surface area contributed by atoms with Crippen molar-refractivity contribution >= 4 is 17.2 Å². The fourth-order valence-corrected chi connectivity index (χ4v) is 1.80. The van der Waals surface area contributed by atoms with Crippen molar-refractivity contribution in [3.63, 3.8) is 0 Å². The van der Waals surface area contributed by atoms with E-state index in [1.807, 2.05) is 12.3 Å². The third-order valence-electron chi connectivity index (χ3n) is 2.80. The van der Waals surface area contributed by atoms with E-state index < -0.39 is 0 Å². The number of ketones is 1. The summed E-state index contributed by atoms with van der Waals surface area (Å²) in [5.41, 5.74) is 7.71. The Kier molecular flexibility index (Phi) is 4.12. The maximum Gasteiger partial charge on any atom is 0.161 e. The van der Waals surface area contributed by atoms with E-state index in [0.717, 1.165) is 25.2 Å². The van der Waals surface area contributed by atoms with Crippen LogP contribution in [0.3, 0.4) is 0 Å². The largest absolute Gasteiger partial charge is 0.398 e. The predicted molar refractivity (Wildman–Crippen MR) is 74.0 cm³/mol. The molecule has 1 heterocycles. The Morgan fingerprint density at radius 2 is 2.32 bits per heavy atom. The number of carbonyl (C=O) groups is 1. The lowest BCUT2D eigenvalue weighted by Crippen LogP contribution is -2.08. The van der Waals surface area contributed by atoms with E-state index in [9.17, 15) is 4.79 Å². The first-order valence-corrected chi connectivity index (χ1v) is 6.15. The van der Waals surface area contributed by atoms with Gasteiger partial charge >= 0.3 is 0 Å². The molecule has 0 aliphatic carbocycles. The highest BCUT2D eigenvalue weighted by Crippen LogP contribution is 2.18. The average molecular weight is 259 g/mol. The Bertz CT molecular complexity index is 550. The second-order valence-corrected chi connectivity index (χ2v) is 4.30. The molecule has 6 heteroatoms. The lowest BCUT2D eigenvalue weighted by molar-refractivity contribution is 0.101. The molecule has 0 saturated heterocycles. The van der Waals surface area contributed by atoms with Crippen LogP contribution in [0.1, 0.15) is 23.7 Å². The zero-order valence-electron chi connectivity index (χ0n) is 10.8. The maximum atomic E-state index is 11.4. The van der Waals surface area contributed by atoms with Crippen LogP contribution in [0.25, 0.3) is 0 Å². The minimum absolute atomic E-state index is 0.0243. The highest BCUT2D eigenvalue weighted by Gasteiger charge is 2.05. The minimum atomic E-state index is -0.0243. The molecule has 0 amide bonds. The molecule has 3 N–H and O–H groups in total. The summed E-state index contributed by atoms with van der Waals surface area (Å²) in [6, 6.07) is 5.40. The van der Waals surface area contributed by atoms with E-state index >= 15 is 0 Å². The summed E-state index contributed by atoms with van der Waals surface area (Å²) in [4.78, 5) is 11.4. The van der Waals surface area contributed by atoms with E-state index in [1.54, 1.807) is 23.0 Å². The molecule has 0 unspecified atom stereocenters. The predicted octanol–water partition coefficient (Wildman–Crippen LogP) is 1.57. The van der Waals surface area contributed by atoms with Gasteiger partial charge in [-0.2, -0.15) is 0 Å². The van der Waals surface area contributed by atoms with Crippen LogP contribution in [-0.2, 0) is 6.54 Å². The number of nitrogens with zero attached hydrogens (tertiary/aromatic N) is 3. The van der Waals surface area contributed by atoms with Crippen molar-refractivity contribution in [2.24, 2.45) is 0 Å². The lowest BCUT2D eigenvalue weighted by atomic mass is 10.1. The van der Waals surface area contributed by atoms with Gasteiger partial charge < -0.3 is 11.1 Å². The molecule has 0 radical (unpaired) electrons. The zero-order chi connectivity index (χ0) is 13.7. The van der Waals surface area contributed by atoms with Gasteiger partial charge in [-0.3, -0.25) is 9.48 Å². The van der Waals surface area contributed by atoms with Crippen LogP contribution in [0.15, 0.2) is 30.6 Å². The molecule has 19 heavy (non-hydrogen) atoms. The Balaban J connectivity index is 1.86. The summed E-state index contributed by atoms with van der Waals surface area (Å²) in [5.74, 6) is -0.0243. The zero-order valence-corrected chi connectivity index (χ0v) is 10.8. The van der Waals surface area contributed by atoms with Gasteiger partial charge in [0.2, 0.25) is 0 Å². The van der Waals surface area contributed by atoms with E-state index in [1.165, 1.54) is 6.92 Å². The standard InChI is InChI=1S/C13H17N5O/c1-10(19)12-9-11(3-4-13(12)14)15-5-2-7-18-8-6-16-17-18/h3-4,6,8-9,15H,2,5,7,14H2,1H3. The SMILES string of the molecule is CC(=O)c1cc(NCCCn2ccnn2)ccc1N. The van der Waals surface area contributed by atoms with E-state index in [0.29, 0.717) is 11.3 Å². The number of carbonyl (C=O) groups excluding carboxylic acids is 1. The van der Waals surface area contributed by atoms with Gasteiger partial charge in [-0.25, -0.2) is 0 Å². The average Bonchev–Trinajstić information content (AvgIpc) is 2.89. The smallest absolute Gasteiger partial charge is 0.161 e. The molecular weight excluding hydrogens is 242 g/mol. The number of hydrogen-bond acceptors (Lipinski definition) is 5. The van der Waals surface area contributed by atoms with Crippen molar-refractivity contribution in [2.45, 2.75) is 19.9 Å². The summed E-state index contributed by atoms with van der Waals surface area (Å²) in [6.07, 6.45) is 4.41. The molecule has 0 saturated carbocycles. The number of nitrogen functional groups attached to an aromatic ring is 1. The quantitative estimate of drug-likeness (QED) is 0.467. The number of nitrogens with two attached hydrogens (primary N) is 1. The van der Waals surface area contributed by atoms with Crippen LogP contribution >= 0.6 is 0 Å². The van der Waals surface area contributed by atoms with Crippen molar-refractivity contribution in [1.29, 1.82) is 0 Å². The van der Waals surface area contributed by atoms with Crippen LogP contribution in [-0.4, -0.2) is 27.3 Å². The Morgan fingerprint density at radius 1 is 1.47 bits per heavy atom. The number of hydrogen-bond donors (Lipinski definition) is 2. The molecule has 0 fully saturated rings. The van der Waals surface area contributed by atoms with Crippen molar-refractivity contribution in [1.82, 2.24) is 15.0 Å². The normalized spacial score (nSPS) is 10.4. The number of nitrogens with one attached hydrogen (secondary N) is 1. The molecule has 0 aliphatic rings. The number of Topliss-reactive ketones (excluding diaryl/α,β-unsaturated/α-hetero) is 1. The molecule has 6 nitrogen and oxygen atoms in total. The molecule has 0 aliphatic heterocycles. The second-order valence-electron chi connectivity index (χ2n) is 4.30. The molecule has 2 aromatic rings. The van der Waals surface area contributed by atoms with E-state index in [2.05, 4.69) is 15.6 Å². The summed E-state index contributed by atoms with van der Waals surface area (Å²) in [5, 5.41) is 10.9. The fraction of sp³-hybridized carbons (Fsp3) is 0.308. The molecule has 0 atom stereocenters. The summed E-state index contributed by atoms with van der Waals surface area (Å²) in [6.45, 7) is 3.11. The van der Waals surface area contributed by atoms with Crippen molar-refractivity contribution in [3.8, 4) is 0 Å². The molecular formula is C13H17N5O. The van der Waals surface area contributed by atoms with Gasteiger partial charge in [0.25, 0.3) is 0 Å². The van der Waals surface area contributed by atoms with Gasteiger partial charge in [0, 0.05) is 36.2 Å². The van der Waals surface area contributed by atoms with Crippen LogP contribution in [0.5, 0.6) is 0 Å². The first kappa shape index (κ1) is 13.1. The lowest BCUT2D eigenvalue weighted by Gasteiger charge is -2.09. The van der Waals surface area contributed by atoms with Gasteiger partial charge in [-0.05, 0) is 31.5 Å². The van der Waals surface area contributed by atoms with Gasteiger partial charge in [0.1, 0.15) is 0 Å².